The summed E-state index contributed by atoms with van der Waals surface area (Å²) in [5, 5.41) is 3.03. The van der Waals surface area contributed by atoms with E-state index in [0.717, 1.165) is 23.9 Å². The van der Waals surface area contributed by atoms with Crippen LogP contribution in [0.2, 0.25) is 0 Å². The maximum absolute atomic E-state index is 13.2. The molecule has 0 aliphatic rings. The number of aromatic nitrogens is 2. The van der Waals surface area contributed by atoms with Gasteiger partial charge in [0, 0.05) is 30.3 Å². The van der Waals surface area contributed by atoms with Crippen molar-refractivity contribution in [1.82, 2.24) is 9.97 Å². The van der Waals surface area contributed by atoms with Crippen LogP contribution in [-0.4, -0.2) is 27.4 Å². The van der Waals surface area contributed by atoms with Gasteiger partial charge in [-0.05, 0) is 24.3 Å². The summed E-state index contributed by atoms with van der Waals surface area (Å²) in [6.45, 7) is 1.40. The van der Waals surface area contributed by atoms with Crippen LogP contribution in [0.5, 0.6) is 0 Å². The van der Waals surface area contributed by atoms with Gasteiger partial charge in [-0.1, -0.05) is 11.8 Å². The second kappa shape index (κ2) is 7.02. The molecule has 0 aliphatic heterocycles. The van der Waals surface area contributed by atoms with Crippen LogP contribution in [0.1, 0.15) is 17.3 Å². The van der Waals surface area contributed by atoms with E-state index in [-0.39, 0.29) is 17.4 Å². The zero-order chi connectivity index (χ0) is 18.0. The van der Waals surface area contributed by atoms with Crippen LogP contribution in [0.15, 0.2) is 41.6 Å². The summed E-state index contributed by atoms with van der Waals surface area (Å²) >= 11 is 1.14. The van der Waals surface area contributed by atoms with Gasteiger partial charge < -0.3 is 10.3 Å². The number of benzene rings is 2. The topological polar surface area (TPSA) is 74.8 Å². The van der Waals surface area contributed by atoms with E-state index in [1.54, 1.807) is 24.3 Å². The van der Waals surface area contributed by atoms with Crippen molar-refractivity contribution < 1.29 is 18.4 Å². The molecule has 3 rings (SSSR count). The molecule has 0 saturated heterocycles. The Morgan fingerprint density at radius 3 is 2.52 bits per heavy atom. The number of rotatable bonds is 5. The number of ketones is 1. The normalized spacial score (nSPS) is 10.8. The number of carbonyl (C=O) groups is 2. The van der Waals surface area contributed by atoms with Crippen LogP contribution >= 0.6 is 11.8 Å². The lowest BCUT2D eigenvalue weighted by Gasteiger charge is -2.03. The van der Waals surface area contributed by atoms with Gasteiger partial charge >= 0.3 is 0 Å². The van der Waals surface area contributed by atoms with Crippen molar-refractivity contribution in [1.29, 1.82) is 0 Å². The Balaban J connectivity index is 1.66. The molecule has 3 aromatic rings. The van der Waals surface area contributed by atoms with Crippen LogP contribution in [-0.2, 0) is 4.79 Å². The van der Waals surface area contributed by atoms with Gasteiger partial charge in [0.1, 0.15) is 0 Å². The lowest BCUT2D eigenvalue weighted by Crippen LogP contribution is -2.07. The molecule has 0 spiro atoms. The van der Waals surface area contributed by atoms with Crippen molar-refractivity contribution in [3.8, 4) is 0 Å². The van der Waals surface area contributed by atoms with Crippen molar-refractivity contribution >= 4 is 40.2 Å². The van der Waals surface area contributed by atoms with Gasteiger partial charge in [-0.2, -0.15) is 0 Å². The zero-order valence-electron chi connectivity index (χ0n) is 13.1. The molecule has 0 aliphatic carbocycles. The number of anilines is 1. The molecule has 128 valence electrons. The van der Waals surface area contributed by atoms with Gasteiger partial charge in [-0.3, -0.25) is 9.59 Å². The average molecular weight is 361 g/mol. The highest BCUT2D eigenvalue weighted by atomic mass is 32.2. The van der Waals surface area contributed by atoms with Gasteiger partial charge in [0.15, 0.2) is 22.6 Å². The van der Waals surface area contributed by atoms with Crippen LogP contribution in [0, 0.1) is 11.6 Å². The van der Waals surface area contributed by atoms with Gasteiger partial charge in [-0.15, -0.1) is 0 Å². The monoisotopic (exact) mass is 361 g/mol. The number of halogens is 2. The Morgan fingerprint density at radius 1 is 1.16 bits per heavy atom. The van der Waals surface area contributed by atoms with E-state index < -0.39 is 11.6 Å². The van der Waals surface area contributed by atoms with E-state index in [1.165, 1.54) is 6.92 Å². The van der Waals surface area contributed by atoms with E-state index in [0.29, 0.717) is 27.4 Å². The SMILES string of the molecule is CC(=O)Nc1ccc(C(=O)CSc2nc3cc(F)c(F)cc3[nH]2)cc1. The number of amides is 1. The zero-order valence-corrected chi connectivity index (χ0v) is 13.9. The maximum Gasteiger partial charge on any atom is 0.221 e. The third-order valence-electron chi connectivity index (χ3n) is 3.37. The standard InChI is InChI=1S/C17H13F2N3O2S/c1-9(23)20-11-4-2-10(3-5-11)16(24)8-25-17-21-14-6-12(18)13(19)7-15(14)22-17/h2-7H,8H2,1H3,(H,20,23)(H,21,22). The highest BCUT2D eigenvalue weighted by Crippen LogP contribution is 2.22. The van der Waals surface area contributed by atoms with Crippen molar-refractivity contribution in [3.63, 3.8) is 0 Å². The summed E-state index contributed by atoms with van der Waals surface area (Å²) in [5.41, 5.74) is 1.77. The lowest BCUT2D eigenvalue weighted by molar-refractivity contribution is -0.114. The average Bonchev–Trinajstić information content (AvgIpc) is 2.95. The highest BCUT2D eigenvalue weighted by Gasteiger charge is 2.12. The number of fused-ring (bicyclic) bond motifs is 1. The summed E-state index contributed by atoms with van der Waals surface area (Å²) in [4.78, 5) is 30.1. The number of H-pyrrole nitrogens is 1. The first-order chi connectivity index (χ1) is 11.9. The largest absolute Gasteiger partial charge is 0.333 e. The Kier molecular flexibility index (Phi) is 4.80. The molecule has 5 nitrogen and oxygen atoms in total. The van der Waals surface area contributed by atoms with Crippen molar-refractivity contribution in [2.24, 2.45) is 0 Å². The number of nitrogens with zero attached hydrogens (tertiary/aromatic N) is 1. The van der Waals surface area contributed by atoms with Crippen molar-refractivity contribution in [3.05, 3.63) is 53.6 Å². The first-order valence-corrected chi connectivity index (χ1v) is 8.29. The van der Waals surface area contributed by atoms with E-state index in [1.807, 2.05) is 0 Å². The minimum Gasteiger partial charge on any atom is -0.333 e. The number of aromatic amines is 1. The van der Waals surface area contributed by atoms with E-state index >= 15 is 0 Å². The first-order valence-electron chi connectivity index (χ1n) is 7.31. The Bertz CT molecular complexity index is 915. The quantitative estimate of drug-likeness (QED) is 0.536. The first kappa shape index (κ1) is 17.1. The second-order valence-electron chi connectivity index (χ2n) is 5.30. The molecule has 2 aromatic carbocycles. The molecule has 0 bridgehead atoms. The minimum atomic E-state index is -0.967. The van der Waals surface area contributed by atoms with Crippen LogP contribution in [0.25, 0.3) is 11.0 Å². The third-order valence-corrected chi connectivity index (χ3v) is 4.24. The fraction of sp³-hybridized carbons (Fsp3) is 0.118. The molecule has 0 atom stereocenters. The van der Waals surface area contributed by atoms with Gasteiger partial charge in [0.05, 0.1) is 16.8 Å². The third kappa shape index (κ3) is 4.03. The van der Waals surface area contributed by atoms with E-state index in [9.17, 15) is 18.4 Å². The van der Waals surface area contributed by atoms with Crippen LogP contribution in [0.4, 0.5) is 14.5 Å². The maximum atomic E-state index is 13.2. The molecule has 2 N–H and O–H groups in total. The summed E-state index contributed by atoms with van der Waals surface area (Å²) in [6.07, 6.45) is 0. The van der Waals surface area contributed by atoms with Gasteiger partial charge in [0.2, 0.25) is 5.91 Å². The number of imidazole rings is 1. The summed E-state index contributed by atoms with van der Waals surface area (Å²) < 4.78 is 26.4. The molecule has 0 saturated carbocycles. The fourth-order valence-electron chi connectivity index (χ4n) is 2.21. The minimum absolute atomic E-state index is 0.115. The molecule has 0 fully saturated rings. The van der Waals surface area contributed by atoms with E-state index in [2.05, 4.69) is 15.3 Å². The fourth-order valence-corrected chi connectivity index (χ4v) is 2.99. The number of hydrogen-bond donors (Lipinski definition) is 2. The predicted molar refractivity (Wildman–Crippen MR) is 91.8 cm³/mol. The summed E-state index contributed by atoms with van der Waals surface area (Å²) in [6, 6.07) is 8.57. The summed E-state index contributed by atoms with van der Waals surface area (Å²) in [5.74, 6) is -2.12. The van der Waals surface area contributed by atoms with Crippen LogP contribution < -0.4 is 5.32 Å². The molecule has 8 heteroatoms. The Labute approximate surface area is 145 Å². The lowest BCUT2D eigenvalue weighted by atomic mass is 10.1. The number of Topliss-reactive ketones (excluding diaryl/α,β-unsaturated/α-hetero) is 1. The van der Waals surface area contributed by atoms with Crippen molar-refractivity contribution in [2.75, 3.05) is 11.1 Å². The molecular weight excluding hydrogens is 348 g/mol. The highest BCUT2D eigenvalue weighted by molar-refractivity contribution is 7.99. The van der Waals surface area contributed by atoms with E-state index in [4.69, 9.17) is 0 Å². The molecule has 0 radical (unpaired) electrons. The van der Waals surface area contributed by atoms with Crippen LogP contribution in [0.3, 0.4) is 0 Å². The molecule has 1 amide bonds. The van der Waals surface area contributed by atoms with Crippen molar-refractivity contribution in [2.45, 2.75) is 12.1 Å². The molecule has 1 heterocycles. The molecule has 0 unspecified atom stereocenters. The smallest absolute Gasteiger partial charge is 0.221 e. The predicted octanol–water partition coefficient (Wildman–Crippen LogP) is 3.77. The molecule has 1 aromatic heterocycles. The summed E-state index contributed by atoms with van der Waals surface area (Å²) in [7, 11) is 0. The molecule has 25 heavy (non-hydrogen) atoms. The second-order valence-corrected chi connectivity index (χ2v) is 6.26. The number of nitrogens with one attached hydrogen (secondary N) is 2. The number of carbonyl (C=O) groups excluding carboxylic acids is 2. The Morgan fingerprint density at radius 2 is 1.84 bits per heavy atom. The molecular formula is C17H13F2N3O2S. The number of hydrogen-bond acceptors (Lipinski definition) is 4. The number of thioether (sulfide) groups is 1. The Hall–Kier alpha value is -2.74. The van der Waals surface area contributed by atoms with Gasteiger partial charge in [-0.25, -0.2) is 13.8 Å². The van der Waals surface area contributed by atoms with Gasteiger partial charge in [0.25, 0.3) is 0 Å².